The van der Waals surface area contributed by atoms with Gasteiger partial charge < -0.3 is 9.64 Å². The zero-order valence-electron chi connectivity index (χ0n) is 10.4. The number of carbonyl (C=O) groups is 1. The van der Waals surface area contributed by atoms with E-state index in [4.69, 9.17) is 4.74 Å². The second-order valence-corrected chi connectivity index (χ2v) is 4.90. The first kappa shape index (κ1) is 14.0. The number of hydrogen-bond donors (Lipinski definition) is 0. The van der Waals surface area contributed by atoms with Crippen molar-refractivity contribution >= 4 is 27.6 Å². The molecule has 0 heterocycles. The van der Waals surface area contributed by atoms with Crippen molar-refractivity contribution in [3.63, 3.8) is 0 Å². The fraction of sp³-hybridized carbons (Fsp3) is 0.462. The van der Waals surface area contributed by atoms with Gasteiger partial charge in [-0.3, -0.25) is 4.79 Å². The number of hydrogen-bond acceptors (Lipinski definition) is 3. The third kappa shape index (κ3) is 4.04. The molecule has 1 rings (SSSR count). The lowest BCUT2D eigenvalue weighted by atomic mass is 10.1. The Morgan fingerprint density at radius 2 is 2.00 bits per heavy atom. The van der Waals surface area contributed by atoms with Crippen LogP contribution in [0.15, 0.2) is 28.7 Å². The van der Waals surface area contributed by atoms with Crippen molar-refractivity contribution in [3.05, 3.63) is 28.7 Å². The molecule has 1 atom stereocenters. The van der Waals surface area contributed by atoms with Crippen LogP contribution in [-0.4, -0.2) is 26.7 Å². The predicted octanol–water partition coefficient (Wildman–Crippen LogP) is 3.08. The Morgan fingerprint density at radius 1 is 1.41 bits per heavy atom. The maximum atomic E-state index is 11.5. The molecule has 0 aliphatic rings. The Kier molecular flexibility index (Phi) is 5.48. The first-order chi connectivity index (χ1) is 8.08. The Labute approximate surface area is 111 Å². The molecule has 0 fully saturated rings. The summed E-state index contributed by atoms with van der Waals surface area (Å²) in [7, 11) is 3.42. The van der Waals surface area contributed by atoms with Crippen LogP contribution in [0, 0.1) is 5.92 Å². The van der Waals surface area contributed by atoms with Crippen molar-refractivity contribution < 1.29 is 9.53 Å². The quantitative estimate of drug-likeness (QED) is 0.783. The molecular weight excluding hydrogens is 282 g/mol. The van der Waals surface area contributed by atoms with Crippen LogP contribution >= 0.6 is 15.9 Å². The summed E-state index contributed by atoms with van der Waals surface area (Å²) in [6.07, 6.45) is 0.785. The van der Waals surface area contributed by atoms with Crippen molar-refractivity contribution in [1.82, 2.24) is 0 Å². The van der Waals surface area contributed by atoms with Crippen LogP contribution in [-0.2, 0) is 9.53 Å². The third-order valence-corrected chi connectivity index (χ3v) is 3.32. The molecular formula is C13H18BrNO2. The van der Waals surface area contributed by atoms with Gasteiger partial charge in [0.2, 0.25) is 0 Å². The smallest absolute Gasteiger partial charge is 0.310 e. The lowest BCUT2D eigenvalue weighted by molar-refractivity contribution is -0.145. The molecule has 0 saturated heterocycles. The van der Waals surface area contributed by atoms with Crippen molar-refractivity contribution in [2.45, 2.75) is 13.3 Å². The molecule has 4 heteroatoms. The molecule has 0 radical (unpaired) electrons. The average Bonchev–Trinajstić information content (AvgIpc) is 2.35. The largest absolute Gasteiger partial charge is 0.469 e. The van der Waals surface area contributed by atoms with Crippen molar-refractivity contribution in [2.75, 3.05) is 25.6 Å². The van der Waals surface area contributed by atoms with Gasteiger partial charge in [-0.2, -0.15) is 0 Å². The number of halogens is 1. The molecule has 3 nitrogen and oxygen atoms in total. The van der Waals surface area contributed by atoms with E-state index in [2.05, 4.69) is 20.8 Å². The molecule has 0 aliphatic heterocycles. The summed E-state index contributed by atoms with van der Waals surface area (Å²) in [6, 6.07) is 8.03. The van der Waals surface area contributed by atoms with Crippen molar-refractivity contribution in [1.29, 1.82) is 0 Å². The van der Waals surface area contributed by atoms with E-state index in [0.717, 1.165) is 16.6 Å². The van der Waals surface area contributed by atoms with Gasteiger partial charge in [-0.25, -0.2) is 0 Å². The SMILES string of the molecule is CCC(CN(C)c1ccc(Br)cc1)C(=O)OC. The summed E-state index contributed by atoms with van der Waals surface area (Å²) in [5.41, 5.74) is 1.09. The molecule has 0 saturated carbocycles. The second-order valence-electron chi connectivity index (χ2n) is 3.99. The molecule has 1 aromatic carbocycles. The van der Waals surface area contributed by atoms with E-state index in [1.165, 1.54) is 7.11 Å². The van der Waals surface area contributed by atoms with Gasteiger partial charge in [0, 0.05) is 23.8 Å². The number of esters is 1. The van der Waals surface area contributed by atoms with Gasteiger partial charge in [-0.15, -0.1) is 0 Å². The predicted molar refractivity (Wildman–Crippen MR) is 73.2 cm³/mol. The van der Waals surface area contributed by atoms with E-state index < -0.39 is 0 Å². The fourth-order valence-corrected chi connectivity index (χ4v) is 1.93. The monoisotopic (exact) mass is 299 g/mol. The minimum atomic E-state index is -0.142. The van der Waals surface area contributed by atoms with Gasteiger partial charge in [-0.1, -0.05) is 22.9 Å². The number of nitrogens with zero attached hydrogens (tertiary/aromatic N) is 1. The number of anilines is 1. The van der Waals surface area contributed by atoms with Gasteiger partial charge >= 0.3 is 5.97 Å². The topological polar surface area (TPSA) is 29.5 Å². The molecule has 1 aromatic rings. The van der Waals surface area contributed by atoms with Crippen LogP contribution in [0.5, 0.6) is 0 Å². The Morgan fingerprint density at radius 3 is 2.47 bits per heavy atom. The van der Waals surface area contributed by atoms with E-state index in [-0.39, 0.29) is 11.9 Å². The van der Waals surface area contributed by atoms with Crippen LogP contribution in [0.3, 0.4) is 0 Å². The lowest BCUT2D eigenvalue weighted by Gasteiger charge is -2.23. The normalized spacial score (nSPS) is 12.0. The zero-order valence-corrected chi connectivity index (χ0v) is 12.0. The highest BCUT2D eigenvalue weighted by molar-refractivity contribution is 9.10. The fourth-order valence-electron chi connectivity index (χ4n) is 1.67. The van der Waals surface area contributed by atoms with Gasteiger partial charge in [0.05, 0.1) is 13.0 Å². The molecule has 0 spiro atoms. The highest BCUT2D eigenvalue weighted by Gasteiger charge is 2.19. The van der Waals surface area contributed by atoms with Crippen LogP contribution < -0.4 is 4.90 Å². The highest BCUT2D eigenvalue weighted by atomic mass is 79.9. The minimum absolute atomic E-state index is 0.0753. The van der Waals surface area contributed by atoms with Crippen LogP contribution in [0.4, 0.5) is 5.69 Å². The maximum Gasteiger partial charge on any atom is 0.310 e. The molecule has 0 aromatic heterocycles. The molecule has 17 heavy (non-hydrogen) atoms. The molecule has 0 amide bonds. The van der Waals surface area contributed by atoms with Crippen molar-refractivity contribution in [2.24, 2.45) is 5.92 Å². The molecule has 1 unspecified atom stereocenters. The number of ether oxygens (including phenoxy) is 1. The number of carbonyl (C=O) groups excluding carboxylic acids is 1. The van der Waals surface area contributed by atoms with E-state index in [0.29, 0.717) is 6.54 Å². The van der Waals surface area contributed by atoms with Crippen LogP contribution in [0.1, 0.15) is 13.3 Å². The van der Waals surface area contributed by atoms with E-state index in [9.17, 15) is 4.79 Å². The van der Waals surface area contributed by atoms with Gasteiger partial charge in [0.1, 0.15) is 0 Å². The maximum absolute atomic E-state index is 11.5. The van der Waals surface area contributed by atoms with Gasteiger partial charge in [-0.05, 0) is 30.7 Å². The first-order valence-electron chi connectivity index (χ1n) is 5.63. The first-order valence-corrected chi connectivity index (χ1v) is 6.42. The number of methoxy groups -OCH3 is 1. The van der Waals surface area contributed by atoms with Crippen LogP contribution in [0.25, 0.3) is 0 Å². The van der Waals surface area contributed by atoms with Crippen molar-refractivity contribution in [3.8, 4) is 0 Å². The summed E-state index contributed by atoms with van der Waals surface area (Å²) in [4.78, 5) is 13.6. The molecule has 94 valence electrons. The highest BCUT2D eigenvalue weighted by Crippen LogP contribution is 2.19. The number of benzene rings is 1. The Bertz CT molecular complexity index is 364. The second kappa shape index (κ2) is 6.64. The Hall–Kier alpha value is -1.03. The van der Waals surface area contributed by atoms with E-state index in [1.54, 1.807) is 0 Å². The summed E-state index contributed by atoms with van der Waals surface area (Å²) in [5.74, 6) is -0.217. The van der Waals surface area contributed by atoms with E-state index >= 15 is 0 Å². The summed E-state index contributed by atoms with van der Waals surface area (Å²) in [6.45, 7) is 2.67. The summed E-state index contributed by atoms with van der Waals surface area (Å²) in [5, 5.41) is 0. The zero-order chi connectivity index (χ0) is 12.8. The van der Waals surface area contributed by atoms with Crippen LogP contribution in [0.2, 0.25) is 0 Å². The standard InChI is InChI=1S/C13H18BrNO2/c1-4-10(13(16)17-3)9-15(2)12-7-5-11(14)6-8-12/h5-8,10H,4,9H2,1-3H3. The molecule has 0 bridgehead atoms. The Balaban J connectivity index is 2.67. The lowest BCUT2D eigenvalue weighted by Crippen LogP contribution is -2.30. The summed E-state index contributed by atoms with van der Waals surface area (Å²) >= 11 is 3.40. The molecule has 0 N–H and O–H groups in total. The summed E-state index contributed by atoms with van der Waals surface area (Å²) < 4.78 is 5.84. The minimum Gasteiger partial charge on any atom is -0.469 e. The number of rotatable bonds is 5. The van der Waals surface area contributed by atoms with Gasteiger partial charge in [0.15, 0.2) is 0 Å². The van der Waals surface area contributed by atoms with E-state index in [1.807, 2.05) is 38.2 Å². The average molecular weight is 300 g/mol. The van der Waals surface area contributed by atoms with Gasteiger partial charge in [0.25, 0.3) is 0 Å². The third-order valence-electron chi connectivity index (χ3n) is 2.79. The molecule has 0 aliphatic carbocycles.